The summed E-state index contributed by atoms with van der Waals surface area (Å²) in [7, 11) is 0. The molecule has 0 aliphatic carbocycles. The van der Waals surface area contributed by atoms with Gasteiger partial charge in [-0.25, -0.2) is 10.1 Å². The number of nitrogens with one attached hydrogen (secondary N) is 2. The van der Waals surface area contributed by atoms with Gasteiger partial charge in [0.25, 0.3) is 11.5 Å². The first-order chi connectivity index (χ1) is 12.5. The number of nitrogens with zero attached hydrogens (tertiary/aromatic N) is 2. The first-order valence-corrected chi connectivity index (χ1v) is 8.38. The van der Waals surface area contributed by atoms with E-state index in [2.05, 4.69) is 15.6 Å². The summed E-state index contributed by atoms with van der Waals surface area (Å²) >= 11 is 11.8. The molecule has 0 radical (unpaired) electrons. The molecule has 132 valence electrons. The van der Waals surface area contributed by atoms with E-state index in [4.69, 9.17) is 23.2 Å². The number of amides is 1. The summed E-state index contributed by atoms with van der Waals surface area (Å²) in [6.45, 7) is 1.75. The molecule has 0 fully saturated rings. The summed E-state index contributed by atoms with van der Waals surface area (Å²) < 4.78 is 1.41. The average molecular weight is 389 g/mol. The molecule has 0 aliphatic rings. The summed E-state index contributed by atoms with van der Waals surface area (Å²) in [6, 6.07) is 13.7. The molecule has 0 atom stereocenters. The smallest absolute Gasteiger partial charge is 0.280 e. The number of para-hydroxylation sites is 1. The second kappa shape index (κ2) is 7.59. The zero-order valence-corrected chi connectivity index (χ0v) is 15.2. The van der Waals surface area contributed by atoms with Crippen molar-refractivity contribution in [1.29, 1.82) is 0 Å². The predicted molar refractivity (Wildman–Crippen MR) is 103 cm³/mol. The molecule has 26 heavy (non-hydrogen) atoms. The molecule has 1 amide bonds. The van der Waals surface area contributed by atoms with Crippen LogP contribution in [0.5, 0.6) is 0 Å². The first kappa shape index (κ1) is 18.0. The Labute approximate surface area is 159 Å². The van der Waals surface area contributed by atoms with Crippen molar-refractivity contribution in [2.24, 2.45) is 5.10 Å². The lowest BCUT2D eigenvalue weighted by Gasteiger charge is -2.02. The molecule has 0 bridgehead atoms. The summed E-state index contributed by atoms with van der Waals surface area (Å²) in [6.07, 6.45) is 1.30. The van der Waals surface area contributed by atoms with Gasteiger partial charge in [-0.1, -0.05) is 41.4 Å². The van der Waals surface area contributed by atoms with Crippen molar-refractivity contribution in [3.05, 3.63) is 85.8 Å². The normalized spacial score (nSPS) is 11.0. The predicted octanol–water partition coefficient (Wildman–Crippen LogP) is 3.54. The topological polar surface area (TPSA) is 79.2 Å². The molecule has 0 spiro atoms. The third kappa shape index (κ3) is 3.71. The Balaban J connectivity index is 1.80. The fourth-order valence-corrected chi connectivity index (χ4v) is 2.85. The van der Waals surface area contributed by atoms with E-state index in [-0.39, 0.29) is 16.1 Å². The van der Waals surface area contributed by atoms with E-state index in [9.17, 15) is 9.59 Å². The van der Waals surface area contributed by atoms with Gasteiger partial charge in [-0.15, -0.1) is 0 Å². The van der Waals surface area contributed by atoms with Crippen LogP contribution in [0.15, 0.2) is 58.4 Å². The van der Waals surface area contributed by atoms with E-state index in [1.54, 1.807) is 13.0 Å². The number of halogens is 2. The number of aromatic nitrogens is 2. The van der Waals surface area contributed by atoms with Crippen LogP contribution in [0, 0.1) is 6.92 Å². The maximum atomic E-state index is 12.5. The summed E-state index contributed by atoms with van der Waals surface area (Å²) in [5.74, 6) is -0.500. The summed E-state index contributed by atoms with van der Waals surface area (Å²) in [5.41, 5.74) is 4.00. The van der Waals surface area contributed by atoms with Crippen LogP contribution in [0.4, 0.5) is 0 Å². The largest absolute Gasteiger partial charge is 0.295 e. The third-order valence-corrected chi connectivity index (χ3v) is 4.21. The molecule has 1 heterocycles. The Kier molecular flexibility index (Phi) is 5.25. The van der Waals surface area contributed by atoms with Crippen LogP contribution in [0.1, 0.15) is 21.6 Å². The van der Waals surface area contributed by atoms with Crippen molar-refractivity contribution in [2.45, 2.75) is 6.92 Å². The van der Waals surface area contributed by atoms with Crippen LogP contribution >= 0.6 is 23.2 Å². The second-order valence-corrected chi connectivity index (χ2v) is 6.29. The van der Waals surface area contributed by atoms with Gasteiger partial charge in [-0.3, -0.25) is 14.7 Å². The molecule has 8 heteroatoms. The van der Waals surface area contributed by atoms with Gasteiger partial charge in [-0.2, -0.15) is 5.10 Å². The highest BCUT2D eigenvalue weighted by molar-refractivity contribution is 6.36. The standard InChI is InChI=1S/C18H14Cl2N4O2/c1-11-15(18(26)24(23-11)13-5-3-2-4-6-13)10-21-22-17(25)14-8-7-12(19)9-16(14)20/h2-10,23H,1H3,(H,22,25)/b21-10+. The first-order valence-electron chi connectivity index (χ1n) is 7.63. The Bertz CT molecular complexity index is 1040. The van der Waals surface area contributed by atoms with Crippen molar-refractivity contribution in [2.75, 3.05) is 0 Å². The number of hydrogen-bond donors (Lipinski definition) is 2. The number of hydrogen-bond acceptors (Lipinski definition) is 3. The van der Waals surface area contributed by atoms with E-state index >= 15 is 0 Å². The lowest BCUT2D eigenvalue weighted by molar-refractivity contribution is 0.0955. The fourth-order valence-electron chi connectivity index (χ4n) is 2.36. The maximum absolute atomic E-state index is 12.5. The third-order valence-electron chi connectivity index (χ3n) is 3.67. The monoisotopic (exact) mass is 388 g/mol. The van der Waals surface area contributed by atoms with Gasteiger partial charge in [0, 0.05) is 10.7 Å². The van der Waals surface area contributed by atoms with Crippen molar-refractivity contribution >= 4 is 35.3 Å². The minimum atomic E-state index is -0.500. The number of benzene rings is 2. The van der Waals surface area contributed by atoms with E-state index in [0.717, 1.165) is 0 Å². The number of carbonyl (C=O) groups excluding carboxylic acids is 1. The van der Waals surface area contributed by atoms with Crippen molar-refractivity contribution in [1.82, 2.24) is 15.2 Å². The van der Waals surface area contributed by atoms with Crippen LogP contribution in [0.2, 0.25) is 10.0 Å². The molecule has 2 N–H and O–H groups in total. The molecule has 0 saturated heterocycles. The number of aromatic amines is 1. The SMILES string of the molecule is Cc1[nH]n(-c2ccccc2)c(=O)c1/C=N/NC(=O)c1ccc(Cl)cc1Cl. The number of aryl methyl sites for hydroxylation is 1. The van der Waals surface area contributed by atoms with Gasteiger partial charge in [0.15, 0.2) is 0 Å². The number of H-pyrrole nitrogens is 1. The highest BCUT2D eigenvalue weighted by Gasteiger charge is 2.12. The van der Waals surface area contributed by atoms with E-state index in [1.807, 2.05) is 30.3 Å². The van der Waals surface area contributed by atoms with Crippen molar-refractivity contribution < 1.29 is 4.79 Å². The molecule has 6 nitrogen and oxygen atoms in total. The van der Waals surface area contributed by atoms with Crippen molar-refractivity contribution in [3.63, 3.8) is 0 Å². The van der Waals surface area contributed by atoms with Gasteiger partial charge < -0.3 is 0 Å². The highest BCUT2D eigenvalue weighted by Crippen LogP contribution is 2.20. The van der Waals surface area contributed by atoms with E-state index in [0.29, 0.717) is 22.0 Å². The van der Waals surface area contributed by atoms with Gasteiger partial charge in [-0.05, 0) is 37.3 Å². The van der Waals surface area contributed by atoms with Gasteiger partial charge in [0.1, 0.15) is 0 Å². The molecule has 2 aromatic carbocycles. The molecule has 0 aliphatic heterocycles. The van der Waals surface area contributed by atoms with Crippen LogP contribution in [0.25, 0.3) is 5.69 Å². The Morgan fingerprint density at radius 1 is 1.19 bits per heavy atom. The average Bonchev–Trinajstić information content (AvgIpc) is 2.90. The quantitative estimate of drug-likeness (QED) is 0.529. The second-order valence-electron chi connectivity index (χ2n) is 5.45. The summed E-state index contributed by atoms with van der Waals surface area (Å²) in [4.78, 5) is 24.6. The van der Waals surface area contributed by atoms with Crippen LogP contribution in [0.3, 0.4) is 0 Å². The Morgan fingerprint density at radius 2 is 1.92 bits per heavy atom. The highest BCUT2D eigenvalue weighted by atomic mass is 35.5. The van der Waals surface area contributed by atoms with Crippen LogP contribution in [-0.4, -0.2) is 21.9 Å². The van der Waals surface area contributed by atoms with E-state index < -0.39 is 5.91 Å². The number of carbonyl (C=O) groups is 1. The van der Waals surface area contributed by atoms with Gasteiger partial charge >= 0.3 is 0 Å². The fraction of sp³-hybridized carbons (Fsp3) is 0.0556. The Hall–Kier alpha value is -2.83. The maximum Gasteiger partial charge on any atom is 0.280 e. The molecule has 1 aromatic heterocycles. The summed E-state index contributed by atoms with van der Waals surface area (Å²) in [5, 5.41) is 7.49. The van der Waals surface area contributed by atoms with Crippen LogP contribution < -0.4 is 11.0 Å². The molecule has 3 aromatic rings. The van der Waals surface area contributed by atoms with Gasteiger partial charge in [0.05, 0.1) is 28.1 Å². The van der Waals surface area contributed by atoms with Gasteiger partial charge in [0.2, 0.25) is 0 Å². The lowest BCUT2D eigenvalue weighted by Crippen LogP contribution is -2.20. The zero-order valence-electron chi connectivity index (χ0n) is 13.7. The van der Waals surface area contributed by atoms with Crippen LogP contribution in [-0.2, 0) is 0 Å². The lowest BCUT2D eigenvalue weighted by atomic mass is 10.2. The minimum Gasteiger partial charge on any atom is -0.295 e. The molecule has 0 unspecified atom stereocenters. The zero-order chi connectivity index (χ0) is 18.7. The van der Waals surface area contributed by atoms with E-state index in [1.165, 1.54) is 23.0 Å². The molecule has 0 saturated carbocycles. The minimum absolute atomic E-state index is 0.217. The number of hydrazone groups is 1. The molecular weight excluding hydrogens is 375 g/mol. The Morgan fingerprint density at radius 3 is 2.62 bits per heavy atom. The molecular formula is C18H14Cl2N4O2. The number of rotatable bonds is 4. The van der Waals surface area contributed by atoms with Crippen molar-refractivity contribution in [3.8, 4) is 5.69 Å². The molecule has 3 rings (SSSR count).